The molecule has 7 heteroatoms. The molecule has 1 heterocycles. The van der Waals surface area contributed by atoms with Gasteiger partial charge in [-0.1, -0.05) is 24.3 Å². The molecule has 0 saturated carbocycles. The first kappa shape index (κ1) is 23.6. The Balaban J connectivity index is 1.62. The molecule has 1 amide bonds. The van der Waals surface area contributed by atoms with Gasteiger partial charge >= 0.3 is 0 Å². The molecule has 0 fully saturated rings. The Labute approximate surface area is 193 Å². The van der Waals surface area contributed by atoms with Gasteiger partial charge in [0.2, 0.25) is 5.91 Å². The van der Waals surface area contributed by atoms with Crippen molar-refractivity contribution in [3.8, 4) is 5.75 Å². The molecule has 2 aromatic carbocycles. The molecule has 3 rings (SSSR count). The Bertz CT molecular complexity index is 986. The summed E-state index contributed by atoms with van der Waals surface area (Å²) in [5.41, 5.74) is 2.26. The van der Waals surface area contributed by atoms with E-state index in [1.165, 1.54) is 10.5 Å². The number of amides is 1. The average molecular weight is 458 g/mol. The predicted octanol–water partition coefficient (Wildman–Crippen LogP) is 5.33. The summed E-state index contributed by atoms with van der Waals surface area (Å²) >= 11 is 3.38. The molecule has 0 N–H and O–H groups in total. The number of methoxy groups -OCH3 is 1. The topological polar surface area (TPSA) is 45.7 Å². The summed E-state index contributed by atoms with van der Waals surface area (Å²) in [6, 6.07) is 14.4. The van der Waals surface area contributed by atoms with Crippen LogP contribution in [0.2, 0.25) is 0 Å². The number of nitrogens with zero attached hydrogens (tertiary/aromatic N) is 3. The van der Waals surface area contributed by atoms with Gasteiger partial charge < -0.3 is 9.64 Å². The van der Waals surface area contributed by atoms with Gasteiger partial charge in [-0.15, -0.1) is 11.8 Å². The van der Waals surface area contributed by atoms with Gasteiger partial charge in [0.05, 0.1) is 17.3 Å². The Morgan fingerprint density at radius 3 is 2.58 bits per heavy atom. The smallest absolute Gasteiger partial charge is 0.228 e. The number of anilines is 1. The van der Waals surface area contributed by atoms with Gasteiger partial charge in [-0.05, 0) is 74.7 Å². The number of ether oxygens (including phenoxy) is 1. The van der Waals surface area contributed by atoms with Gasteiger partial charge in [0.15, 0.2) is 5.13 Å². The van der Waals surface area contributed by atoms with Gasteiger partial charge in [-0.3, -0.25) is 9.69 Å². The molecule has 0 unspecified atom stereocenters. The van der Waals surface area contributed by atoms with Crippen molar-refractivity contribution in [3.05, 3.63) is 48.0 Å². The van der Waals surface area contributed by atoms with Crippen LogP contribution in [0.5, 0.6) is 5.75 Å². The molecule has 31 heavy (non-hydrogen) atoms. The largest absolute Gasteiger partial charge is 0.497 e. The van der Waals surface area contributed by atoms with E-state index in [2.05, 4.69) is 42.2 Å². The number of hydrogen-bond acceptors (Lipinski definition) is 6. The maximum Gasteiger partial charge on any atom is 0.228 e. The summed E-state index contributed by atoms with van der Waals surface area (Å²) in [4.78, 5) is 23.0. The van der Waals surface area contributed by atoms with E-state index in [0.29, 0.717) is 13.0 Å². The summed E-state index contributed by atoms with van der Waals surface area (Å²) in [6.07, 6.45) is 2.35. The van der Waals surface area contributed by atoms with Crippen molar-refractivity contribution in [2.24, 2.45) is 0 Å². The van der Waals surface area contributed by atoms with Crippen molar-refractivity contribution in [3.63, 3.8) is 0 Å². The predicted molar refractivity (Wildman–Crippen MR) is 133 cm³/mol. The fourth-order valence-corrected chi connectivity index (χ4v) is 5.07. The van der Waals surface area contributed by atoms with Crippen LogP contribution in [0.15, 0.2) is 47.4 Å². The van der Waals surface area contributed by atoms with E-state index >= 15 is 0 Å². The number of thioether (sulfide) groups is 1. The van der Waals surface area contributed by atoms with Crippen LogP contribution in [0.3, 0.4) is 0 Å². The molecule has 166 valence electrons. The minimum Gasteiger partial charge on any atom is -0.497 e. The first-order valence-corrected chi connectivity index (χ1v) is 12.4. The van der Waals surface area contributed by atoms with E-state index in [1.807, 2.05) is 31.1 Å². The summed E-state index contributed by atoms with van der Waals surface area (Å²) in [5, 5.41) is 0.804. The van der Waals surface area contributed by atoms with Crippen LogP contribution in [0, 0.1) is 0 Å². The fraction of sp³-hybridized carbons (Fsp3) is 0.417. The molecule has 5 nitrogen and oxygen atoms in total. The molecule has 0 aliphatic heterocycles. The highest BCUT2D eigenvalue weighted by atomic mass is 32.2. The number of fused-ring (bicyclic) bond motifs is 1. The normalized spacial score (nSPS) is 11.3. The van der Waals surface area contributed by atoms with Crippen LogP contribution in [0.4, 0.5) is 5.13 Å². The Hall–Kier alpha value is -2.09. The van der Waals surface area contributed by atoms with Crippen molar-refractivity contribution in [2.45, 2.75) is 31.1 Å². The summed E-state index contributed by atoms with van der Waals surface area (Å²) in [6.45, 7) is 3.61. The zero-order valence-corrected chi connectivity index (χ0v) is 20.4. The van der Waals surface area contributed by atoms with Gasteiger partial charge in [-0.25, -0.2) is 4.98 Å². The van der Waals surface area contributed by atoms with Crippen LogP contribution in [0.25, 0.3) is 10.2 Å². The highest BCUT2D eigenvalue weighted by Crippen LogP contribution is 2.30. The van der Waals surface area contributed by atoms with Crippen LogP contribution in [0.1, 0.15) is 25.3 Å². The van der Waals surface area contributed by atoms with E-state index < -0.39 is 0 Å². The maximum atomic E-state index is 13.1. The lowest BCUT2D eigenvalue weighted by Crippen LogP contribution is -2.36. The third kappa shape index (κ3) is 6.69. The van der Waals surface area contributed by atoms with Crippen molar-refractivity contribution in [2.75, 3.05) is 44.9 Å². The highest BCUT2D eigenvalue weighted by molar-refractivity contribution is 7.99. The van der Waals surface area contributed by atoms with Crippen molar-refractivity contribution in [1.29, 1.82) is 0 Å². The van der Waals surface area contributed by atoms with E-state index in [9.17, 15) is 4.79 Å². The van der Waals surface area contributed by atoms with E-state index in [-0.39, 0.29) is 5.91 Å². The second kappa shape index (κ2) is 11.5. The third-order valence-electron chi connectivity index (χ3n) is 5.02. The molecule has 1 aromatic heterocycles. The average Bonchev–Trinajstić information content (AvgIpc) is 3.19. The molecule has 0 atom stereocenters. The number of rotatable bonds is 11. The minimum atomic E-state index is 0.145. The van der Waals surface area contributed by atoms with Gasteiger partial charge in [0.25, 0.3) is 0 Å². The minimum absolute atomic E-state index is 0.145. The van der Waals surface area contributed by atoms with Gasteiger partial charge in [0, 0.05) is 24.4 Å². The fourth-order valence-electron chi connectivity index (χ4n) is 3.14. The van der Waals surface area contributed by atoms with Gasteiger partial charge in [0.1, 0.15) is 5.75 Å². The summed E-state index contributed by atoms with van der Waals surface area (Å²) in [7, 11) is 5.73. The first-order chi connectivity index (χ1) is 15.0. The second-order valence-electron chi connectivity index (χ2n) is 7.63. The number of hydrogen-bond donors (Lipinski definition) is 0. The Morgan fingerprint density at radius 2 is 1.90 bits per heavy atom. The lowest BCUT2D eigenvalue weighted by atomic mass is 10.2. The lowest BCUT2D eigenvalue weighted by Gasteiger charge is -2.22. The quantitative estimate of drug-likeness (QED) is 0.287. The molecule has 0 aliphatic carbocycles. The molecule has 0 aliphatic rings. The van der Waals surface area contributed by atoms with Crippen LogP contribution in [-0.2, 0) is 11.2 Å². The SMILES string of the molecule is CCc1ccc2nc(N(CCN(C)C)C(=O)CCCSc3ccc(OC)cc3)sc2c1. The molecule has 0 radical (unpaired) electrons. The second-order valence-corrected chi connectivity index (χ2v) is 9.81. The molecule has 0 spiro atoms. The van der Waals surface area contributed by atoms with Crippen LogP contribution < -0.4 is 9.64 Å². The standard InChI is InChI=1S/C24H31N3O2S2/c1-5-18-8-13-21-22(17-18)31-24(25-21)27(15-14-26(2)3)23(28)7-6-16-30-20-11-9-19(29-4)10-12-20/h8-13,17H,5-7,14-16H2,1-4H3. The Kier molecular flexibility index (Phi) is 8.75. The maximum absolute atomic E-state index is 13.1. The number of aromatic nitrogens is 1. The van der Waals surface area contributed by atoms with Crippen molar-refractivity contribution >= 4 is 44.4 Å². The summed E-state index contributed by atoms with van der Waals surface area (Å²) < 4.78 is 6.35. The monoisotopic (exact) mass is 457 g/mol. The number of benzene rings is 2. The van der Waals surface area contributed by atoms with E-state index in [1.54, 1.807) is 30.2 Å². The number of carbonyl (C=O) groups excluding carboxylic acids is 1. The number of thiazole rings is 1. The highest BCUT2D eigenvalue weighted by Gasteiger charge is 2.19. The summed E-state index contributed by atoms with van der Waals surface area (Å²) in [5.74, 6) is 1.91. The number of likely N-dealkylation sites (N-methyl/N-ethyl adjacent to an activating group) is 1. The van der Waals surface area contributed by atoms with Crippen molar-refractivity contribution < 1.29 is 9.53 Å². The first-order valence-electron chi connectivity index (χ1n) is 10.6. The molecular weight excluding hydrogens is 426 g/mol. The zero-order valence-electron chi connectivity index (χ0n) is 18.8. The molecule has 0 bridgehead atoms. The van der Waals surface area contributed by atoms with E-state index in [0.717, 1.165) is 46.2 Å². The van der Waals surface area contributed by atoms with Crippen LogP contribution in [-0.4, -0.2) is 55.8 Å². The molecule has 3 aromatic rings. The number of aryl methyl sites for hydroxylation is 1. The van der Waals surface area contributed by atoms with Crippen molar-refractivity contribution in [1.82, 2.24) is 9.88 Å². The van der Waals surface area contributed by atoms with Crippen LogP contribution >= 0.6 is 23.1 Å². The molecule has 0 saturated heterocycles. The van der Waals surface area contributed by atoms with E-state index in [4.69, 9.17) is 9.72 Å². The third-order valence-corrected chi connectivity index (χ3v) is 7.16. The lowest BCUT2D eigenvalue weighted by molar-refractivity contribution is -0.118. The Morgan fingerprint density at radius 1 is 1.13 bits per heavy atom. The molecular formula is C24H31N3O2S2. The van der Waals surface area contributed by atoms with Gasteiger partial charge in [-0.2, -0.15) is 0 Å². The zero-order chi connectivity index (χ0) is 22.2. The number of carbonyl (C=O) groups is 1.